The van der Waals surface area contributed by atoms with Crippen LogP contribution in [0.5, 0.6) is 5.88 Å². The van der Waals surface area contributed by atoms with E-state index in [0.29, 0.717) is 25.3 Å². The van der Waals surface area contributed by atoms with Gasteiger partial charge in [-0.15, -0.1) is 0 Å². The summed E-state index contributed by atoms with van der Waals surface area (Å²) in [6.45, 7) is 13.9. The van der Waals surface area contributed by atoms with Gasteiger partial charge in [0.05, 0.1) is 16.8 Å². The van der Waals surface area contributed by atoms with Crippen molar-refractivity contribution >= 4 is 23.3 Å². The van der Waals surface area contributed by atoms with E-state index >= 15 is 0 Å². The molecule has 1 aliphatic rings. The molecular weight excluding hydrogens is 461 g/mol. The number of allylic oxidation sites excluding steroid dienone is 4. The SMILES string of the molecule is C=C/C=C(\C=C/C)Oc1ccc(C(=N)c2c(N)ncnc2NC2CCN(C(=O)C=C)C2)c(F)n1.CC. The second-order valence-electron chi connectivity index (χ2n) is 7.37. The predicted octanol–water partition coefficient (Wildman–Crippen LogP) is 4.26. The van der Waals surface area contributed by atoms with Crippen LogP contribution in [-0.4, -0.2) is 50.6 Å². The third kappa shape index (κ3) is 6.84. The number of carbonyl (C=O) groups excluding carboxylic acids is 1. The molecule has 190 valence electrons. The summed E-state index contributed by atoms with van der Waals surface area (Å²) in [6, 6.07) is 2.72. The summed E-state index contributed by atoms with van der Waals surface area (Å²) in [5.41, 5.74) is 5.86. The molecule has 1 fully saturated rings. The zero-order valence-corrected chi connectivity index (χ0v) is 20.8. The first-order chi connectivity index (χ1) is 17.4. The highest BCUT2D eigenvalue weighted by molar-refractivity contribution is 6.16. The molecule has 10 heteroatoms. The topological polar surface area (TPSA) is 130 Å². The lowest BCUT2D eigenvalue weighted by Gasteiger charge is -2.18. The molecule has 0 aromatic carbocycles. The van der Waals surface area contributed by atoms with Gasteiger partial charge in [0.2, 0.25) is 17.7 Å². The fourth-order valence-electron chi connectivity index (χ4n) is 3.48. The molecule has 0 bridgehead atoms. The zero-order valence-electron chi connectivity index (χ0n) is 20.8. The Hall–Kier alpha value is -4.34. The number of carbonyl (C=O) groups is 1. The minimum absolute atomic E-state index is 0.0172. The van der Waals surface area contributed by atoms with Crippen LogP contribution in [0.25, 0.3) is 0 Å². The number of anilines is 2. The maximum atomic E-state index is 14.9. The Morgan fingerprint density at radius 2 is 2.08 bits per heavy atom. The third-order valence-electron chi connectivity index (χ3n) is 5.07. The van der Waals surface area contributed by atoms with Gasteiger partial charge in [-0.2, -0.15) is 9.37 Å². The van der Waals surface area contributed by atoms with Crippen LogP contribution in [0.3, 0.4) is 0 Å². The summed E-state index contributed by atoms with van der Waals surface area (Å²) < 4.78 is 20.5. The number of ether oxygens (including phenoxy) is 1. The summed E-state index contributed by atoms with van der Waals surface area (Å²) in [5.74, 6) is -0.314. The van der Waals surface area contributed by atoms with Crippen LogP contribution < -0.4 is 15.8 Å². The first-order valence-corrected chi connectivity index (χ1v) is 11.5. The number of hydrogen-bond acceptors (Lipinski definition) is 8. The fourth-order valence-corrected chi connectivity index (χ4v) is 3.48. The number of halogens is 1. The van der Waals surface area contributed by atoms with E-state index in [4.69, 9.17) is 15.9 Å². The largest absolute Gasteiger partial charge is 0.439 e. The number of pyridine rings is 1. The molecule has 2 aromatic heterocycles. The molecule has 36 heavy (non-hydrogen) atoms. The van der Waals surface area contributed by atoms with E-state index in [-0.39, 0.29) is 46.3 Å². The van der Waals surface area contributed by atoms with Crippen LogP contribution in [0.2, 0.25) is 0 Å². The maximum Gasteiger partial charge on any atom is 0.246 e. The summed E-state index contributed by atoms with van der Waals surface area (Å²) in [7, 11) is 0. The number of nitrogens with zero attached hydrogens (tertiary/aromatic N) is 4. The van der Waals surface area contributed by atoms with Crippen molar-refractivity contribution < 1.29 is 13.9 Å². The molecule has 3 rings (SSSR count). The van der Waals surface area contributed by atoms with E-state index < -0.39 is 5.95 Å². The molecule has 2 aromatic rings. The van der Waals surface area contributed by atoms with Crippen LogP contribution >= 0.6 is 0 Å². The van der Waals surface area contributed by atoms with Crippen molar-refractivity contribution in [1.82, 2.24) is 19.9 Å². The van der Waals surface area contributed by atoms with E-state index in [1.54, 1.807) is 29.2 Å². The van der Waals surface area contributed by atoms with Crippen molar-refractivity contribution in [1.29, 1.82) is 5.41 Å². The Kier molecular flexibility index (Phi) is 10.5. The molecule has 0 aliphatic carbocycles. The Bertz CT molecular complexity index is 1180. The molecule has 0 spiro atoms. The van der Waals surface area contributed by atoms with Gasteiger partial charge in [-0.1, -0.05) is 39.2 Å². The number of amides is 1. The molecule has 1 atom stereocenters. The van der Waals surface area contributed by atoms with Gasteiger partial charge in [0, 0.05) is 25.2 Å². The molecule has 1 amide bonds. The van der Waals surface area contributed by atoms with E-state index in [0.717, 1.165) is 0 Å². The van der Waals surface area contributed by atoms with Crippen molar-refractivity contribution in [2.24, 2.45) is 0 Å². The lowest BCUT2D eigenvalue weighted by Crippen LogP contribution is -2.31. The summed E-state index contributed by atoms with van der Waals surface area (Å²) in [6.07, 6.45) is 9.80. The Morgan fingerprint density at radius 3 is 2.72 bits per heavy atom. The Labute approximate surface area is 210 Å². The normalized spacial score (nSPS) is 15.2. The second kappa shape index (κ2) is 13.5. The van der Waals surface area contributed by atoms with Crippen molar-refractivity contribution in [2.45, 2.75) is 33.2 Å². The van der Waals surface area contributed by atoms with Crippen LogP contribution in [0, 0.1) is 11.4 Å². The van der Waals surface area contributed by atoms with Crippen molar-refractivity contribution in [3.8, 4) is 5.88 Å². The quantitative estimate of drug-likeness (QED) is 0.156. The number of rotatable bonds is 9. The average molecular weight is 494 g/mol. The van der Waals surface area contributed by atoms with Gasteiger partial charge in [-0.25, -0.2) is 9.97 Å². The van der Waals surface area contributed by atoms with Gasteiger partial charge < -0.3 is 20.7 Å². The minimum Gasteiger partial charge on any atom is -0.439 e. The van der Waals surface area contributed by atoms with Crippen LogP contribution in [0.15, 0.2) is 67.8 Å². The van der Waals surface area contributed by atoms with E-state index in [1.165, 1.54) is 24.5 Å². The highest BCUT2D eigenvalue weighted by Gasteiger charge is 2.27. The molecule has 1 aliphatic heterocycles. The molecule has 3 heterocycles. The number of nitrogens with one attached hydrogen (secondary N) is 2. The smallest absolute Gasteiger partial charge is 0.246 e. The molecule has 9 nitrogen and oxygen atoms in total. The van der Waals surface area contributed by atoms with Crippen LogP contribution in [0.1, 0.15) is 38.3 Å². The second-order valence-corrected chi connectivity index (χ2v) is 7.37. The minimum atomic E-state index is -0.904. The van der Waals surface area contributed by atoms with Gasteiger partial charge in [-0.05, 0) is 37.6 Å². The van der Waals surface area contributed by atoms with E-state index in [9.17, 15) is 9.18 Å². The summed E-state index contributed by atoms with van der Waals surface area (Å²) in [4.78, 5) is 25.5. The van der Waals surface area contributed by atoms with Gasteiger partial charge in [0.15, 0.2) is 0 Å². The number of nitrogen functional groups attached to an aromatic ring is 1. The number of hydrogen-bond donors (Lipinski definition) is 3. The van der Waals surface area contributed by atoms with E-state index in [2.05, 4.69) is 33.4 Å². The molecule has 0 saturated carbocycles. The average Bonchev–Trinajstić information content (AvgIpc) is 3.33. The van der Waals surface area contributed by atoms with Gasteiger partial charge in [-0.3, -0.25) is 10.2 Å². The molecule has 0 radical (unpaired) electrons. The standard InChI is InChI=1S/C24H26FN7O2.C2H6/c1-4-7-16(8-5-2)34-18-10-9-17(22(25)31-18)21(26)20-23(27)28-14-29-24(20)30-15-11-12-32(13-15)19(33)6-3;1-2/h4-10,14-15,26H,1,3,11-13H2,2H3,(H3,27,28,29,30);1-2H3/b8-5-,16-7+,26-21?;. The van der Waals surface area contributed by atoms with Crippen LogP contribution in [0.4, 0.5) is 16.0 Å². The molecule has 1 unspecified atom stereocenters. The summed E-state index contributed by atoms with van der Waals surface area (Å²) >= 11 is 0. The van der Waals surface area contributed by atoms with Gasteiger partial charge in [0.1, 0.15) is 23.7 Å². The Balaban J connectivity index is 0.00000222. The van der Waals surface area contributed by atoms with Gasteiger partial charge in [0.25, 0.3) is 0 Å². The molecule has 1 saturated heterocycles. The highest BCUT2D eigenvalue weighted by atomic mass is 19.1. The van der Waals surface area contributed by atoms with Gasteiger partial charge >= 0.3 is 0 Å². The lowest BCUT2D eigenvalue weighted by atomic mass is 10.0. The van der Waals surface area contributed by atoms with Crippen molar-refractivity contribution in [2.75, 3.05) is 24.1 Å². The highest BCUT2D eigenvalue weighted by Crippen LogP contribution is 2.26. The van der Waals surface area contributed by atoms with Crippen molar-refractivity contribution in [3.63, 3.8) is 0 Å². The molecule has 4 N–H and O–H groups in total. The van der Waals surface area contributed by atoms with E-state index in [1.807, 2.05) is 20.8 Å². The number of nitrogens with two attached hydrogens (primary N) is 1. The fraction of sp³-hybridized carbons (Fsp3) is 0.269. The predicted molar refractivity (Wildman–Crippen MR) is 140 cm³/mol. The Morgan fingerprint density at radius 1 is 1.33 bits per heavy atom. The molecular formula is C26H32FN7O2. The number of aromatic nitrogens is 3. The lowest BCUT2D eigenvalue weighted by molar-refractivity contribution is -0.125. The zero-order chi connectivity index (χ0) is 26.7. The first-order valence-electron chi connectivity index (χ1n) is 11.5. The third-order valence-corrected chi connectivity index (χ3v) is 5.07. The summed E-state index contributed by atoms with van der Waals surface area (Å²) in [5, 5.41) is 11.8. The first kappa shape index (κ1) is 27.9. The van der Waals surface area contributed by atoms with Crippen molar-refractivity contribution in [3.05, 3.63) is 84.8 Å². The maximum absolute atomic E-state index is 14.9. The number of likely N-dealkylation sites (tertiary alicyclic amines) is 1. The monoisotopic (exact) mass is 493 g/mol. The van der Waals surface area contributed by atoms with Crippen LogP contribution in [-0.2, 0) is 4.79 Å².